The van der Waals surface area contributed by atoms with Crippen LogP contribution in [0.15, 0.2) is 0 Å². The summed E-state index contributed by atoms with van der Waals surface area (Å²) in [5.41, 5.74) is 0. The Morgan fingerprint density at radius 3 is 2.12 bits per heavy atom. The van der Waals surface area contributed by atoms with Crippen molar-refractivity contribution in [3.63, 3.8) is 0 Å². The lowest BCUT2D eigenvalue weighted by atomic mass is 9.97. The average molecular weight is 242 g/mol. The molecule has 0 saturated carbocycles. The predicted octanol–water partition coefficient (Wildman–Crippen LogP) is 4.43. The number of carbonyl (C=O) groups is 1. The summed E-state index contributed by atoms with van der Waals surface area (Å²) < 4.78 is 5.30. The Kier molecular flexibility index (Phi) is 9.20. The van der Waals surface area contributed by atoms with E-state index >= 15 is 0 Å². The quantitative estimate of drug-likeness (QED) is 0.559. The van der Waals surface area contributed by atoms with Crippen molar-refractivity contribution in [3.8, 4) is 0 Å². The van der Waals surface area contributed by atoms with Crippen molar-refractivity contribution < 1.29 is 9.53 Å². The number of ether oxygens (including phenoxy) is 1. The molecule has 17 heavy (non-hydrogen) atoms. The van der Waals surface area contributed by atoms with Gasteiger partial charge in [-0.15, -0.1) is 0 Å². The van der Waals surface area contributed by atoms with Crippen molar-refractivity contribution in [2.75, 3.05) is 6.61 Å². The van der Waals surface area contributed by atoms with E-state index in [0.29, 0.717) is 12.5 Å². The molecule has 0 amide bonds. The zero-order valence-corrected chi connectivity index (χ0v) is 12.3. The highest BCUT2D eigenvalue weighted by molar-refractivity contribution is 5.71. The van der Waals surface area contributed by atoms with Crippen LogP contribution in [0.3, 0.4) is 0 Å². The molecule has 2 heteroatoms. The molecular weight excluding hydrogens is 212 g/mol. The molecule has 0 N–H and O–H groups in total. The lowest BCUT2D eigenvalue weighted by molar-refractivity contribution is -0.149. The minimum Gasteiger partial charge on any atom is -0.465 e. The van der Waals surface area contributed by atoms with Gasteiger partial charge in [-0.1, -0.05) is 60.3 Å². The molecule has 0 aromatic heterocycles. The second kappa shape index (κ2) is 9.49. The molecule has 0 heterocycles. The summed E-state index contributed by atoms with van der Waals surface area (Å²) in [4.78, 5) is 11.7. The third-order valence-corrected chi connectivity index (χ3v) is 3.64. The van der Waals surface area contributed by atoms with Crippen LogP contribution in [0.25, 0.3) is 0 Å². The van der Waals surface area contributed by atoms with Crippen molar-refractivity contribution in [3.05, 3.63) is 0 Å². The summed E-state index contributed by atoms with van der Waals surface area (Å²) in [5.74, 6) is 1.29. The lowest BCUT2D eigenvalue weighted by Gasteiger charge is -2.15. The number of hydrogen-bond donors (Lipinski definition) is 0. The number of rotatable bonds is 9. The Morgan fingerprint density at radius 1 is 1.00 bits per heavy atom. The van der Waals surface area contributed by atoms with Crippen molar-refractivity contribution in [1.29, 1.82) is 0 Å². The highest BCUT2D eigenvalue weighted by Gasteiger charge is 2.15. The van der Waals surface area contributed by atoms with E-state index in [1.165, 1.54) is 12.8 Å². The molecule has 102 valence electrons. The van der Waals surface area contributed by atoms with Gasteiger partial charge in [0.05, 0.1) is 12.5 Å². The van der Waals surface area contributed by atoms with Gasteiger partial charge in [0.2, 0.25) is 0 Å². The van der Waals surface area contributed by atoms with Crippen LogP contribution in [0.1, 0.15) is 66.7 Å². The van der Waals surface area contributed by atoms with E-state index in [0.717, 1.165) is 25.2 Å². The smallest absolute Gasteiger partial charge is 0.308 e. The van der Waals surface area contributed by atoms with E-state index in [-0.39, 0.29) is 11.9 Å². The zero-order chi connectivity index (χ0) is 13.3. The number of esters is 1. The van der Waals surface area contributed by atoms with Crippen LogP contribution in [0.5, 0.6) is 0 Å². The second-order valence-corrected chi connectivity index (χ2v) is 5.49. The minimum atomic E-state index is -0.0190. The van der Waals surface area contributed by atoms with E-state index in [4.69, 9.17) is 4.74 Å². The third kappa shape index (κ3) is 8.23. The van der Waals surface area contributed by atoms with Gasteiger partial charge in [-0.05, 0) is 18.3 Å². The molecule has 0 radical (unpaired) electrons. The summed E-state index contributed by atoms with van der Waals surface area (Å²) >= 11 is 0. The number of carbonyl (C=O) groups excluding carboxylic acids is 1. The molecule has 0 spiro atoms. The topological polar surface area (TPSA) is 26.3 Å². The van der Waals surface area contributed by atoms with Crippen molar-refractivity contribution >= 4 is 5.97 Å². The van der Waals surface area contributed by atoms with Crippen molar-refractivity contribution in [1.82, 2.24) is 0 Å². The van der Waals surface area contributed by atoms with Crippen LogP contribution in [0, 0.1) is 17.8 Å². The van der Waals surface area contributed by atoms with Gasteiger partial charge in [0.25, 0.3) is 0 Å². The van der Waals surface area contributed by atoms with Gasteiger partial charge in [0.15, 0.2) is 0 Å². The Balaban J connectivity index is 3.67. The molecule has 0 aliphatic carbocycles. The van der Waals surface area contributed by atoms with Crippen LogP contribution >= 0.6 is 0 Å². The maximum Gasteiger partial charge on any atom is 0.308 e. The van der Waals surface area contributed by atoms with Gasteiger partial charge in [0.1, 0.15) is 0 Å². The standard InChI is InChI=1S/C15H30O2/c1-6-12(3)9-8-10-14(5)15(16)17-11-13(4)7-2/h12-14H,6-11H2,1-5H3. The molecule has 2 nitrogen and oxygen atoms in total. The molecular formula is C15H30O2. The molecule has 0 aromatic carbocycles. The van der Waals surface area contributed by atoms with Crippen LogP contribution < -0.4 is 0 Å². The first-order chi connectivity index (χ1) is 8.01. The van der Waals surface area contributed by atoms with E-state index in [1.54, 1.807) is 0 Å². The van der Waals surface area contributed by atoms with Gasteiger partial charge >= 0.3 is 5.97 Å². The molecule has 0 aromatic rings. The van der Waals surface area contributed by atoms with Crippen LogP contribution in [-0.2, 0) is 9.53 Å². The zero-order valence-electron chi connectivity index (χ0n) is 12.3. The fourth-order valence-electron chi connectivity index (χ4n) is 1.58. The van der Waals surface area contributed by atoms with Crippen LogP contribution in [-0.4, -0.2) is 12.6 Å². The molecule has 3 unspecified atom stereocenters. The SMILES string of the molecule is CCC(C)CCCC(C)C(=O)OCC(C)CC. The Hall–Kier alpha value is -0.530. The minimum absolute atomic E-state index is 0.0190. The van der Waals surface area contributed by atoms with Gasteiger partial charge in [0, 0.05) is 0 Å². The normalized spacial score (nSPS) is 16.3. The molecule has 0 saturated heterocycles. The van der Waals surface area contributed by atoms with Gasteiger partial charge in [-0.2, -0.15) is 0 Å². The molecule has 0 fully saturated rings. The van der Waals surface area contributed by atoms with Crippen LogP contribution in [0.4, 0.5) is 0 Å². The highest BCUT2D eigenvalue weighted by Crippen LogP contribution is 2.16. The summed E-state index contributed by atoms with van der Waals surface area (Å²) in [6, 6.07) is 0. The Labute approximate surface area is 107 Å². The fraction of sp³-hybridized carbons (Fsp3) is 0.933. The third-order valence-electron chi connectivity index (χ3n) is 3.64. The molecule has 0 aliphatic rings. The molecule has 3 atom stereocenters. The first-order valence-electron chi connectivity index (χ1n) is 7.17. The first kappa shape index (κ1) is 16.5. The van der Waals surface area contributed by atoms with Crippen molar-refractivity contribution in [2.24, 2.45) is 17.8 Å². The first-order valence-corrected chi connectivity index (χ1v) is 7.17. The maximum absolute atomic E-state index is 11.7. The second-order valence-electron chi connectivity index (χ2n) is 5.49. The Morgan fingerprint density at radius 2 is 1.59 bits per heavy atom. The van der Waals surface area contributed by atoms with Gasteiger partial charge < -0.3 is 4.74 Å². The number of hydrogen-bond acceptors (Lipinski definition) is 2. The summed E-state index contributed by atoms with van der Waals surface area (Å²) in [7, 11) is 0. The molecule has 0 bridgehead atoms. The maximum atomic E-state index is 11.7. The average Bonchev–Trinajstić information content (AvgIpc) is 2.34. The monoisotopic (exact) mass is 242 g/mol. The molecule has 0 aliphatic heterocycles. The fourth-order valence-corrected chi connectivity index (χ4v) is 1.58. The van der Waals surface area contributed by atoms with Gasteiger partial charge in [-0.25, -0.2) is 0 Å². The predicted molar refractivity (Wildman–Crippen MR) is 72.9 cm³/mol. The van der Waals surface area contributed by atoms with E-state index in [2.05, 4.69) is 27.7 Å². The summed E-state index contributed by atoms with van der Waals surface area (Å²) in [6.45, 7) is 11.3. The van der Waals surface area contributed by atoms with E-state index in [9.17, 15) is 4.79 Å². The lowest BCUT2D eigenvalue weighted by Crippen LogP contribution is -2.18. The van der Waals surface area contributed by atoms with E-state index < -0.39 is 0 Å². The van der Waals surface area contributed by atoms with E-state index in [1.807, 2.05) is 6.92 Å². The summed E-state index contributed by atoms with van der Waals surface area (Å²) in [5, 5.41) is 0. The summed E-state index contributed by atoms with van der Waals surface area (Å²) in [6.07, 6.45) is 5.61. The van der Waals surface area contributed by atoms with Crippen LogP contribution in [0.2, 0.25) is 0 Å². The Bertz CT molecular complexity index is 201. The van der Waals surface area contributed by atoms with Gasteiger partial charge in [-0.3, -0.25) is 4.79 Å². The highest BCUT2D eigenvalue weighted by atomic mass is 16.5. The van der Waals surface area contributed by atoms with Crippen molar-refractivity contribution in [2.45, 2.75) is 66.7 Å². The molecule has 0 rings (SSSR count). The largest absolute Gasteiger partial charge is 0.465 e.